The van der Waals surface area contributed by atoms with Gasteiger partial charge in [0.15, 0.2) is 0 Å². The predicted octanol–water partition coefficient (Wildman–Crippen LogP) is 1.49. The molecule has 0 rings (SSSR count). The number of hydrogen-bond donors (Lipinski definition) is 2. The van der Waals surface area contributed by atoms with Crippen molar-refractivity contribution >= 4 is 0 Å². The zero-order valence-corrected chi connectivity index (χ0v) is 6.46. The topological polar surface area (TPSA) is 38.0 Å². The van der Waals surface area contributed by atoms with E-state index in [4.69, 9.17) is 5.84 Å². The lowest BCUT2D eigenvalue weighted by Crippen LogP contribution is -2.19. The minimum atomic E-state index is 0.903. The molecule has 0 heterocycles. The highest BCUT2D eigenvalue weighted by atomic mass is 15.2. The van der Waals surface area contributed by atoms with E-state index in [1.54, 1.807) is 0 Å². The van der Waals surface area contributed by atoms with E-state index in [9.17, 15) is 0 Å². The molecular formula is C8H14N2. The summed E-state index contributed by atoms with van der Waals surface area (Å²) in [6, 6.07) is 0. The Morgan fingerprint density at radius 1 is 1.30 bits per heavy atom. The molecule has 0 radical (unpaired) electrons. The van der Waals surface area contributed by atoms with Crippen LogP contribution >= 0.6 is 0 Å². The van der Waals surface area contributed by atoms with Crippen LogP contribution in [0.3, 0.4) is 0 Å². The summed E-state index contributed by atoms with van der Waals surface area (Å²) in [6.07, 6.45) is 9.60. The lowest BCUT2D eigenvalue weighted by atomic mass is 10.3. The van der Waals surface area contributed by atoms with Gasteiger partial charge < -0.3 is 5.43 Å². The van der Waals surface area contributed by atoms with Crippen molar-refractivity contribution in [1.82, 2.24) is 5.43 Å². The van der Waals surface area contributed by atoms with Crippen LogP contribution < -0.4 is 11.3 Å². The van der Waals surface area contributed by atoms with Crippen LogP contribution in [0.2, 0.25) is 0 Å². The quantitative estimate of drug-likeness (QED) is 0.352. The van der Waals surface area contributed by atoms with Crippen LogP contribution in [0.4, 0.5) is 0 Å². The molecule has 0 amide bonds. The first kappa shape index (κ1) is 8.98. The van der Waals surface area contributed by atoms with Gasteiger partial charge in [0.1, 0.15) is 0 Å². The van der Waals surface area contributed by atoms with E-state index in [1.165, 1.54) is 0 Å². The lowest BCUT2D eigenvalue weighted by Gasteiger charge is -1.95. The van der Waals surface area contributed by atoms with Crippen LogP contribution in [-0.4, -0.2) is 0 Å². The Morgan fingerprint density at radius 3 is 2.40 bits per heavy atom. The van der Waals surface area contributed by atoms with Crippen molar-refractivity contribution in [1.29, 1.82) is 0 Å². The molecule has 0 fully saturated rings. The van der Waals surface area contributed by atoms with Gasteiger partial charge in [0.05, 0.1) is 0 Å². The van der Waals surface area contributed by atoms with Gasteiger partial charge in [0, 0.05) is 5.70 Å². The fraction of sp³-hybridized carbons (Fsp3) is 0.250. The summed E-state index contributed by atoms with van der Waals surface area (Å²) >= 11 is 0. The number of allylic oxidation sites excluding steroid dienone is 5. The minimum absolute atomic E-state index is 0.903. The lowest BCUT2D eigenvalue weighted by molar-refractivity contribution is 0.916. The van der Waals surface area contributed by atoms with Crippen LogP contribution in [0.5, 0.6) is 0 Å². The van der Waals surface area contributed by atoms with Gasteiger partial charge in [0.25, 0.3) is 0 Å². The van der Waals surface area contributed by atoms with E-state index in [0.29, 0.717) is 0 Å². The largest absolute Gasteiger partial charge is 0.324 e. The van der Waals surface area contributed by atoms with Crippen molar-refractivity contribution in [2.75, 3.05) is 0 Å². The molecule has 0 saturated carbocycles. The van der Waals surface area contributed by atoms with Gasteiger partial charge in [-0.15, -0.1) is 0 Å². The van der Waals surface area contributed by atoms with Crippen molar-refractivity contribution in [2.24, 2.45) is 5.84 Å². The average Bonchev–Trinajstić information content (AvgIpc) is 1.98. The Kier molecular flexibility index (Phi) is 5.48. The molecule has 0 spiro atoms. The third-order valence-electron chi connectivity index (χ3n) is 0.981. The van der Waals surface area contributed by atoms with Gasteiger partial charge in [-0.05, 0) is 26.0 Å². The van der Waals surface area contributed by atoms with Crippen molar-refractivity contribution < 1.29 is 0 Å². The molecule has 0 unspecified atom stereocenters. The molecule has 0 aromatic carbocycles. The molecule has 0 saturated heterocycles. The van der Waals surface area contributed by atoms with Crippen molar-refractivity contribution in [3.8, 4) is 0 Å². The minimum Gasteiger partial charge on any atom is -0.324 e. The number of rotatable bonds is 3. The molecule has 56 valence electrons. The predicted molar refractivity (Wildman–Crippen MR) is 45.0 cm³/mol. The van der Waals surface area contributed by atoms with Crippen LogP contribution in [0.25, 0.3) is 0 Å². The second-order valence-electron chi connectivity index (χ2n) is 1.79. The first-order valence-electron chi connectivity index (χ1n) is 3.27. The van der Waals surface area contributed by atoms with Crippen molar-refractivity contribution in [3.05, 3.63) is 36.1 Å². The van der Waals surface area contributed by atoms with Gasteiger partial charge in [-0.25, -0.2) is 0 Å². The normalized spacial score (nSPS) is 13.3. The molecule has 2 heteroatoms. The van der Waals surface area contributed by atoms with E-state index < -0.39 is 0 Å². The fourth-order valence-corrected chi connectivity index (χ4v) is 0.531. The second-order valence-corrected chi connectivity index (χ2v) is 1.79. The fourth-order valence-electron chi connectivity index (χ4n) is 0.531. The molecule has 0 bridgehead atoms. The highest BCUT2D eigenvalue weighted by molar-refractivity contribution is 5.20. The van der Waals surface area contributed by atoms with Gasteiger partial charge >= 0.3 is 0 Å². The van der Waals surface area contributed by atoms with Crippen molar-refractivity contribution in [3.63, 3.8) is 0 Å². The first-order valence-corrected chi connectivity index (χ1v) is 3.27. The number of nitrogens with one attached hydrogen (secondary N) is 1. The highest BCUT2D eigenvalue weighted by Crippen LogP contribution is 1.89. The van der Waals surface area contributed by atoms with Crippen molar-refractivity contribution in [2.45, 2.75) is 13.8 Å². The molecular weight excluding hydrogens is 124 g/mol. The molecule has 0 aromatic rings. The Labute approximate surface area is 62.1 Å². The van der Waals surface area contributed by atoms with E-state index in [0.717, 1.165) is 5.70 Å². The third-order valence-corrected chi connectivity index (χ3v) is 0.981. The summed E-state index contributed by atoms with van der Waals surface area (Å²) in [5.74, 6) is 5.20. The van der Waals surface area contributed by atoms with E-state index in [1.807, 2.05) is 44.2 Å². The summed E-state index contributed by atoms with van der Waals surface area (Å²) in [4.78, 5) is 0. The Morgan fingerprint density at radius 2 is 2.00 bits per heavy atom. The maximum absolute atomic E-state index is 5.20. The molecule has 0 aliphatic carbocycles. The monoisotopic (exact) mass is 138 g/mol. The van der Waals surface area contributed by atoms with E-state index >= 15 is 0 Å². The summed E-state index contributed by atoms with van der Waals surface area (Å²) in [5.41, 5.74) is 3.46. The molecule has 2 nitrogen and oxygen atoms in total. The highest BCUT2D eigenvalue weighted by Gasteiger charge is 1.79. The zero-order valence-electron chi connectivity index (χ0n) is 6.46. The van der Waals surface area contributed by atoms with Crippen LogP contribution in [0.1, 0.15) is 13.8 Å². The summed E-state index contributed by atoms with van der Waals surface area (Å²) in [6.45, 7) is 3.90. The van der Waals surface area contributed by atoms with E-state index in [2.05, 4.69) is 5.43 Å². The SMILES string of the molecule is C/C=C/C=C(\C=C\C)NN. The summed E-state index contributed by atoms with van der Waals surface area (Å²) in [5, 5.41) is 0. The number of nitrogens with two attached hydrogens (primary N) is 1. The maximum atomic E-state index is 5.20. The van der Waals surface area contributed by atoms with Gasteiger partial charge in [-0.3, -0.25) is 5.84 Å². The molecule has 10 heavy (non-hydrogen) atoms. The Balaban J connectivity index is 4.04. The third kappa shape index (κ3) is 3.92. The average molecular weight is 138 g/mol. The smallest absolute Gasteiger partial charge is 0.0481 e. The van der Waals surface area contributed by atoms with Crippen LogP contribution in [0, 0.1) is 0 Å². The molecule has 0 atom stereocenters. The first-order chi connectivity index (χ1) is 4.85. The Hall–Kier alpha value is -1.02. The Bertz CT molecular complexity index is 155. The number of hydrazine groups is 1. The molecule has 0 aromatic heterocycles. The zero-order chi connectivity index (χ0) is 7.82. The summed E-state index contributed by atoms with van der Waals surface area (Å²) in [7, 11) is 0. The molecule has 0 aliphatic rings. The van der Waals surface area contributed by atoms with Gasteiger partial charge in [-0.2, -0.15) is 0 Å². The molecule has 3 N–H and O–H groups in total. The van der Waals surface area contributed by atoms with Gasteiger partial charge in [-0.1, -0.05) is 18.2 Å². The van der Waals surface area contributed by atoms with Crippen LogP contribution in [0.15, 0.2) is 36.1 Å². The second kappa shape index (κ2) is 6.11. The maximum Gasteiger partial charge on any atom is 0.0481 e. The summed E-state index contributed by atoms with van der Waals surface area (Å²) < 4.78 is 0. The molecule has 0 aliphatic heterocycles. The number of hydrogen-bond acceptors (Lipinski definition) is 2. The van der Waals surface area contributed by atoms with Gasteiger partial charge in [0.2, 0.25) is 0 Å². The van der Waals surface area contributed by atoms with Crippen LogP contribution in [-0.2, 0) is 0 Å². The standard InChI is InChI=1S/C8H14N2/c1-3-5-7-8(10-9)6-4-2/h3-7,10H,9H2,1-2H3/b5-3+,6-4+,8-7+. The van der Waals surface area contributed by atoms with E-state index in [-0.39, 0.29) is 0 Å².